The fraction of sp³-hybridized carbons (Fsp3) is 0.450. The molecule has 146 valence electrons. The predicted octanol–water partition coefficient (Wildman–Crippen LogP) is 2.21. The van der Waals surface area contributed by atoms with E-state index in [1.807, 2.05) is 0 Å². The quantitative estimate of drug-likeness (QED) is 0.768. The van der Waals surface area contributed by atoms with Crippen molar-refractivity contribution >= 4 is 11.9 Å². The Hall–Kier alpha value is -3.21. The number of carbonyl (C=O) groups excluding carboxylic acids is 2. The number of nitrogens with zero attached hydrogens (tertiary/aromatic N) is 4. The van der Waals surface area contributed by atoms with Crippen LogP contribution >= 0.6 is 0 Å². The summed E-state index contributed by atoms with van der Waals surface area (Å²) in [7, 11) is 0. The molecule has 3 rings (SSSR count). The van der Waals surface area contributed by atoms with Crippen LogP contribution in [0.2, 0.25) is 0 Å². The summed E-state index contributed by atoms with van der Waals surface area (Å²) in [5.41, 5.74) is 0.467. The van der Waals surface area contributed by atoms with Gasteiger partial charge in [-0.25, -0.2) is 14.5 Å². The second kappa shape index (κ2) is 8.65. The first-order chi connectivity index (χ1) is 13.5. The van der Waals surface area contributed by atoms with Crippen LogP contribution in [0.5, 0.6) is 0 Å². The van der Waals surface area contributed by atoms with Gasteiger partial charge in [0, 0.05) is 0 Å². The van der Waals surface area contributed by atoms with Gasteiger partial charge in [0.15, 0.2) is 6.10 Å². The third-order valence-corrected chi connectivity index (χ3v) is 4.94. The van der Waals surface area contributed by atoms with E-state index in [-0.39, 0.29) is 0 Å². The summed E-state index contributed by atoms with van der Waals surface area (Å²) in [4.78, 5) is 28.6. The van der Waals surface area contributed by atoms with Crippen molar-refractivity contribution in [3.8, 4) is 6.07 Å². The summed E-state index contributed by atoms with van der Waals surface area (Å²) >= 11 is 0. The van der Waals surface area contributed by atoms with Crippen molar-refractivity contribution < 1.29 is 14.3 Å². The second-order valence-corrected chi connectivity index (χ2v) is 7.08. The van der Waals surface area contributed by atoms with Gasteiger partial charge in [-0.2, -0.15) is 10.4 Å². The Bertz CT molecular complexity index is 849. The van der Waals surface area contributed by atoms with E-state index >= 15 is 0 Å². The van der Waals surface area contributed by atoms with Crippen LogP contribution in [0, 0.1) is 11.3 Å². The normalized spacial score (nSPS) is 16.6. The molecule has 1 aromatic heterocycles. The smallest absolute Gasteiger partial charge is 0.338 e. The highest BCUT2D eigenvalue weighted by Crippen LogP contribution is 2.27. The zero-order valence-electron chi connectivity index (χ0n) is 15.8. The van der Waals surface area contributed by atoms with Gasteiger partial charge in [-0.1, -0.05) is 31.4 Å². The lowest BCUT2D eigenvalue weighted by molar-refractivity contribution is -0.130. The maximum Gasteiger partial charge on any atom is 0.338 e. The van der Waals surface area contributed by atoms with Crippen molar-refractivity contribution in [2.24, 2.45) is 0 Å². The van der Waals surface area contributed by atoms with Crippen molar-refractivity contribution in [3.05, 3.63) is 48.0 Å². The summed E-state index contributed by atoms with van der Waals surface area (Å²) in [6.45, 7) is 2.06. The lowest BCUT2D eigenvalue weighted by atomic mass is 9.83. The minimum absolute atomic E-state index is 0.356. The SMILES string of the molecule is CC(OC(=O)c1ccc(Cn2cncn2)cc1)C(=O)NC1(C#N)CCCCC1. The fourth-order valence-electron chi connectivity index (χ4n) is 3.29. The molecule has 0 spiro atoms. The molecule has 1 atom stereocenters. The minimum Gasteiger partial charge on any atom is -0.449 e. The Balaban J connectivity index is 1.56. The molecule has 1 aliphatic carbocycles. The zero-order valence-corrected chi connectivity index (χ0v) is 15.8. The Morgan fingerprint density at radius 3 is 2.61 bits per heavy atom. The van der Waals surface area contributed by atoms with Crippen molar-refractivity contribution in [1.29, 1.82) is 5.26 Å². The fourth-order valence-corrected chi connectivity index (χ4v) is 3.29. The second-order valence-electron chi connectivity index (χ2n) is 7.08. The number of aromatic nitrogens is 3. The summed E-state index contributed by atoms with van der Waals surface area (Å²) < 4.78 is 6.96. The molecular weight excluding hydrogens is 358 g/mol. The highest BCUT2D eigenvalue weighted by atomic mass is 16.5. The van der Waals surface area contributed by atoms with Crippen molar-refractivity contribution in [3.63, 3.8) is 0 Å². The molecule has 1 aliphatic rings. The van der Waals surface area contributed by atoms with Gasteiger partial charge in [0.05, 0.1) is 18.2 Å². The topological polar surface area (TPSA) is 110 Å². The van der Waals surface area contributed by atoms with E-state index < -0.39 is 23.5 Å². The van der Waals surface area contributed by atoms with Crippen molar-refractivity contribution in [1.82, 2.24) is 20.1 Å². The Morgan fingerprint density at radius 1 is 1.29 bits per heavy atom. The van der Waals surface area contributed by atoms with Crippen LogP contribution in [0.25, 0.3) is 0 Å². The molecule has 1 unspecified atom stereocenters. The molecule has 28 heavy (non-hydrogen) atoms. The molecule has 1 fully saturated rings. The highest BCUT2D eigenvalue weighted by molar-refractivity contribution is 5.92. The van der Waals surface area contributed by atoms with Crippen LogP contribution < -0.4 is 5.32 Å². The van der Waals surface area contributed by atoms with Crippen molar-refractivity contribution in [2.75, 3.05) is 0 Å². The molecule has 1 saturated carbocycles. The zero-order chi connectivity index (χ0) is 20.0. The van der Waals surface area contributed by atoms with Crippen LogP contribution in [-0.2, 0) is 16.1 Å². The molecule has 0 bridgehead atoms. The molecule has 2 aromatic rings. The number of hydrogen-bond acceptors (Lipinski definition) is 6. The average molecular weight is 381 g/mol. The monoisotopic (exact) mass is 381 g/mol. The van der Waals surface area contributed by atoms with Gasteiger partial charge in [0.2, 0.25) is 0 Å². The maximum absolute atomic E-state index is 12.4. The molecule has 0 radical (unpaired) electrons. The highest BCUT2D eigenvalue weighted by Gasteiger charge is 2.35. The van der Waals surface area contributed by atoms with E-state index in [1.165, 1.54) is 13.3 Å². The summed E-state index contributed by atoms with van der Waals surface area (Å²) in [5.74, 6) is -1.02. The molecule has 8 heteroatoms. The van der Waals surface area contributed by atoms with Gasteiger partial charge < -0.3 is 10.1 Å². The Morgan fingerprint density at radius 2 is 2.00 bits per heavy atom. The number of nitrogens with one attached hydrogen (secondary N) is 1. The minimum atomic E-state index is -0.977. The van der Waals surface area contributed by atoms with Crippen LogP contribution in [0.1, 0.15) is 54.9 Å². The molecule has 1 heterocycles. The van der Waals surface area contributed by atoms with Gasteiger partial charge in [-0.05, 0) is 37.5 Å². The van der Waals surface area contributed by atoms with Crippen LogP contribution in [-0.4, -0.2) is 38.3 Å². The number of amides is 1. The van der Waals surface area contributed by atoms with E-state index in [2.05, 4.69) is 21.5 Å². The van der Waals surface area contributed by atoms with Gasteiger partial charge in [-0.15, -0.1) is 0 Å². The van der Waals surface area contributed by atoms with E-state index in [0.717, 1.165) is 24.8 Å². The summed E-state index contributed by atoms with van der Waals surface area (Å²) in [5, 5.41) is 16.3. The van der Waals surface area contributed by atoms with Gasteiger partial charge in [-0.3, -0.25) is 4.79 Å². The van der Waals surface area contributed by atoms with E-state index in [0.29, 0.717) is 24.9 Å². The number of benzene rings is 1. The lowest BCUT2D eigenvalue weighted by Gasteiger charge is -2.32. The Kier molecular flexibility index (Phi) is 6.04. The number of esters is 1. The molecule has 1 aromatic carbocycles. The molecule has 1 amide bonds. The first-order valence-electron chi connectivity index (χ1n) is 9.37. The molecular formula is C20H23N5O3. The largest absolute Gasteiger partial charge is 0.449 e. The van der Waals surface area contributed by atoms with Gasteiger partial charge >= 0.3 is 5.97 Å². The third-order valence-electron chi connectivity index (χ3n) is 4.94. The predicted molar refractivity (Wildman–Crippen MR) is 100 cm³/mol. The number of nitriles is 1. The van der Waals surface area contributed by atoms with Crippen LogP contribution in [0.15, 0.2) is 36.9 Å². The number of hydrogen-bond donors (Lipinski definition) is 1. The maximum atomic E-state index is 12.4. The number of ether oxygens (including phenoxy) is 1. The molecule has 0 saturated heterocycles. The Labute approximate surface area is 163 Å². The summed E-state index contributed by atoms with van der Waals surface area (Å²) in [6.07, 6.45) is 6.23. The molecule has 1 N–H and O–H groups in total. The molecule has 0 aliphatic heterocycles. The standard InChI is InChI=1S/C20H23N5O3/c1-15(18(26)24-20(12-21)9-3-2-4-10-20)28-19(27)17-7-5-16(6-8-17)11-25-14-22-13-23-25/h5-8,13-15H,2-4,9-11H2,1H3,(H,24,26). The first-order valence-corrected chi connectivity index (χ1v) is 9.37. The van der Waals surface area contributed by atoms with Crippen LogP contribution in [0.4, 0.5) is 0 Å². The van der Waals surface area contributed by atoms with Crippen molar-refractivity contribution in [2.45, 2.75) is 57.2 Å². The lowest BCUT2D eigenvalue weighted by Crippen LogP contribution is -2.52. The number of carbonyl (C=O) groups is 2. The van der Waals surface area contributed by atoms with Gasteiger partial charge in [0.25, 0.3) is 5.91 Å². The van der Waals surface area contributed by atoms with Gasteiger partial charge in [0.1, 0.15) is 18.2 Å². The third kappa shape index (κ3) is 4.74. The van der Waals surface area contributed by atoms with E-state index in [9.17, 15) is 14.9 Å². The van der Waals surface area contributed by atoms with E-state index in [4.69, 9.17) is 4.74 Å². The molecule has 8 nitrogen and oxygen atoms in total. The van der Waals surface area contributed by atoms with Crippen LogP contribution in [0.3, 0.4) is 0 Å². The first kappa shape index (κ1) is 19.5. The van der Waals surface area contributed by atoms with E-state index in [1.54, 1.807) is 35.3 Å². The average Bonchev–Trinajstić information content (AvgIpc) is 3.22. The number of rotatable bonds is 6. The summed E-state index contributed by atoms with van der Waals surface area (Å²) in [6, 6.07) is 9.13.